The van der Waals surface area contributed by atoms with Crippen LogP contribution in [0.4, 0.5) is 5.69 Å². The Bertz CT molecular complexity index is 1170. The number of carbonyl (C=O) groups excluding carboxylic acids is 1. The highest BCUT2D eigenvalue weighted by molar-refractivity contribution is 7.89. The minimum absolute atomic E-state index is 0.120. The van der Waals surface area contributed by atoms with Crippen LogP contribution in [0.25, 0.3) is 0 Å². The van der Waals surface area contributed by atoms with Crippen LogP contribution in [0.1, 0.15) is 29.8 Å². The van der Waals surface area contributed by atoms with Gasteiger partial charge in [-0.1, -0.05) is 59.6 Å². The summed E-state index contributed by atoms with van der Waals surface area (Å²) in [6, 6.07) is 19.9. The molecule has 31 heavy (non-hydrogen) atoms. The number of carbonyl (C=O) groups is 1. The molecule has 0 atom stereocenters. The Balaban J connectivity index is 1.81. The minimum atomic E-state index is -3.75. The zero-order valence-corrected chi connectivity index (χ0v) is 19.4. The highest BCUT2D eigenvalue weighted by Crippen LogP contribution is 2.30. The number of sulfonamides is 1. The van der Waals surface area contributed by atoms with E-state index in [1.165, 1.54) is 28.6 Å². The van der Waals surface area contributed by atoms with Gasteiger partial charge in [0.15, 0.2) is 0 Å². The van der Waals surface area contributed by atoms with Crippen molar-refractivity contribution in [2.45, 2.75) is 31.3 Å². The lowest BCUT2D eigenvalue weighted by Crippen LogP contribution is -2.36. The molecule has 3 aromatic rings. The van der Waals surface area contributed by atoms with Crippen molar-refractivity contribution in [3.63, 3.8) is 0 Å². The predicted octanol–water partition coefficient (Wildman–Crippen LogP) is 5.85. The van der Waals surface area contributed by atoms with Crippen molar-refractivity contribution in [2.75, 3.05) is 5.32 Å². The highest BCUT2D eigenvalue weighted by Gasteiger charge is 2.27. The van der Waals surface area contributed by atoms with Gasteiger partial charge in [-0.05, 0) is 55.8 Å². The van der Waals surface area contributed by atoms with Gasteiger partial charge in [0.1, 0.15) is 0 Å². The molecule has 3 aromatic carbocycles. The topological polar surface area (TPSA) is 66.5 Å². The Hall–Kier alpha value is -2.38. The van der Waals surface area contributed by atoms with E-state index in [4.69, 9.17) is 23.2 Å². The molecule has 0 fully saturated rings. The number of hydrogen-bond donors (Lipinski definition) is 1. The molecule has 1 N–H and O–H groups in total. The smallest absolute Gasteiger partial charge is 0.255 e. The molecule has 8 heteroatoms. The lowest BCUT2D eigenvalue weighted by Gasteiger charge is -2.26. The van der Waals surface area contributed by atoms with E-state index in [0.717, 1.165) is 5.56 Å². The van der Waals surface area contributed by atoms with Gasteiger partial charge in [0.25, 0.3) is 5.91 Å². The van der Waals surface area contributed by atoms with Crippen LogP contribution >= 0.6 is 23.2 Å². The van der Waals surface area contributed by atoms with Crippen molar-refractivity contribution < 1.29 is 13.2 Å². The van der Waals surface area contributed by atoms with Crippen LogP contribution in [-0.2, 0) is 16.6 Å². The summed E-state index contributed by atoms with van der Waals surface area (Å²) in [5.41, 5.74) is 1.58. The van der Waals surface area contributed by atoms with Gasteiger partial charge in [0.05, 0.1) is 20.6 Å². The van der Waals surface area contributed by atoms with Gasteiger partial charge in [-0.25, -0.2) is 8.42 Å². The SMILES string of the molecule is CC(C)N(Cc1ccccc1)S(=O)(=O)c1ccc(C(=O)Nc2cccc(Cl)c2Cl)cc1. The van der Waals surface area contributed by atoms with Gasteiger partial charge in [0, 0.05) is 18.2 Å². The summed E-state index contributed by atoms with van der Waals surface area (Å²) in [5, 5.41) is 3.25. The number of nitrogens with one attached hydrogen (secondary N) is 1. The zero-order valence-electron chi connectivity index (χ0n) is 17.0. The number of nitrogens with zero attached hydrogens (tertiary/aromatic N) is 1. The van der Waals surface area contributed by atoms with Crippen molar-refractivity contribution in [1.29, 1.82) is 0 Å². The fraction of sp³-hybridized carbons (Fsp3) is 0.174. The second-order valence-electron chi connectivity index (χ2n) is 7.21. The van der Waals surface area contributed by atoms with E-state index in [0.29, 0.717) is 16.3 Å². The van der Waals surface area contributed by atoms with E-state index in [1.54, 1.807) is 18.2 Å². The van der Waals surface area contributed by atoms with Crippen molar-refractivity contribution in [2.24, 2.45) is 0 Å². The van der Waals surface area contributed by atoms with Crippen LogP contribution in [0.15, 0.2) is 77.7 Å². The zero-order chi connectivity index (χ0) is 22.6. The van der Waals surface area contributed by atoms with Gasteiger partial charge in [-0.15, -0.1) is 0 Å². The Morgan fingerprint density at radius 1 is 0.935 bits per heavy atom. The van der Waals surface area contributed by atoms with Crippen LogP contribution in [0, 0.1) is 0 Å². The number of hydrogen-bond acceptors (Lipinski definition) is 3. The molecule has 1 amide bonds. The van der Waals surface area contributed by atoms with Crippen molar-refractivity contribution in [3.05, 3.63) is 94.0 Å². The second kappa shape index (κ2) is 9.83. The lowest BCUT2D eigenvalue weighted by molar-refractivity contribution is 0.102. The maximum absolute atomic E-state index is 13.2. The molecular weight excluding hydrogens is 455 g/mol. The molecule has 0 saturated heterocycles. The standard InChI is InChI=1S/C23H22Cl2N2O3S/c1-16(2)27(15-17-7-4-3-5-8-17)31(29,30)19-13-11-18(12-14-19)23(28)26-21-10-6-9-20(24)22(21)25/h3-14,16H,15H2,1-2H3,(H,26,28). The summed E-state index contributed by atoms with van der Waals surface area (Å²) in [4.78, 5) is 12.7. The second-order valence-corrected chi connectivity index (χ2v) is 9.89. The van der Waals surface area contributed by atoms with E-state index in [9.17, 15) is 13.2 Å². The van der Waals surface area contributed by atoms with E-state index in [-0.39, 0.29) is 22.5 Å². The normalized spacial score (nSPS) is 11.7. The van der Waals surface area contributed by atoms with Gasteiger partial charge in [0.2, 0.25) is 10.0 Å². The fourth-order valence-electron chi connectivity index (χ4n) is 3.02. The van der Waals surface area contributed by atoms with Crippen molar-refractivity contribution in [1.82, 2.24) is 4.31 Å². The van der Waals surface area contributed by atoms with E-state index in [1.807, 2.05) is 44.2 Å². The molecule has 0 spiro atoms. The van der Waals surface area contributed by atoms with Gasteiger partial charge >= 0.3 is 0 Å². The largest absolute Gasteiger partial charge is 0.321 e. The van der Waals surface area contributed by atoms with Crippen LogP contribution in [0.3, 0.4) is 0 Å². The average Bonchev–Trinajstić information content (AvgIpc) is 2.75. The molecular formula is C23H22Cl2N2O3S. The summed E-state index contributed by atoms with van der Waals surface area (Å²) in [7, 11) is -3.75. The maximum Gasteiger partial charge on any atom is 0.255 e. The van der Waals surface area contributed by atoms with E-state index >= 15 is 0 Å². The first-order valence-corrected chi connectivity index (χ1v) is 11.8. The summed E-state index contributed by atoms with van der Waals surface area (Å²) >= 11 is 12.1. The monoisotopic (exact) mass is 476 g/mol. The predicted molar refractivity (Wildman–Crippen MR) is 125 cm³/mol. The van der Waals surface area contributed by atoms with Crippen molar-refractivity contribution in [3.8, 4) is 0 Å². The van der Waals surface area contributed by atoms with E-state index in [2.05, 4.69) is 5.32 Å². The molecule has 162 valence electrons. The fourth-order valence-corrected chi connectivity index (χ4v) is 4.99. The molecule has 0 bridgehead atoms. The summed E-state index contributed by atoms with van der Waals surface area (Å²) < 4.78 is 27.9. The number of amides is 1. The number of anilines is 1. The summed E-state index contributed by atoms with van der Waals surface area (Å²) in [6.07, 6.45) is 0. The Kier molecular flexibility index (Phi) is 7.38. The molecule has 0 unspecified atom stereocenters. The molecule has 0 aliphatic heterocycles. The first kappa shape index (κ1) is 23.3. The molecule has 0 aliphatic carbocycles. The lowest BCUT2D eigenvalue weighted by atomic mass is 10.2. The molecule has 0 saturated carbocycles. The van der Waals surface area contributed by atoms with Crippen LogP contribution in [-0.4, -0.2) is 24.7 Å². The first-order valence-electron chi connectivity index (χ1n) is 9.61. The number of benzene rings is 3. The van der Waals surface area contributed by atoms with Gasteiger partial charge in [-0.3, -0.25) is 4.79 Å². The first-order chi connectivity index (χ1) is 14.7. The van der Waals surface area contributed by atoms with Crippen molar-refractivity contribution >= 4 is 44.8 Å². The van der Waals surface area contributed by atoms with E-state index < -0.39 is 15.9 Å². The molecule has 3 rings (SSSR count). The van der Waals surface area contributed by atoms with Crippen LogP contribution in [0.5, 0.6) is 0 Å². The molecule has 0 aliphatic rings. The summed E-state index contributed by atoms with van der Waals surface area (Å²) in [6.45, 7) is 3.92. The highest BCUT2D eigenvalue weighted by atomic mass is 35.5. The Morgan fingerprint density at radius 3 is 2.19 bits per heavy atom. The maximum atomic E-state index is 13.2. The average molecular weight is 477 g/mol. The van der Waals surface area contributed by atoms with Crippen LogP contribution < -0.4 is 5.32 Å². The van der Waals surface area contributed by atoms with Gasteiger partial charge < -0.3 is 5.32 Å². The number of halogens is 2. The molecule has 0 radical (unpaired) electrons. The number of rotatable bonds is 7. The molecule has 5 nitrogen and oxygen atoms in total. The molecule has 0 heterocycles. The summed E-state index contributed by atoms with van der Waals surface area (Å²) in [5.74, 6) is -0.418. The third-order valence-electron chi connectivity index (χ3n) is 4.68. The Labute approximate surface area is 192 Å². The third-order valence-corrected chi connectivity index (χ3v) is 7.54. The minimum Gasteiger partial charge on any atom is -0.321 e. The van der Waals surface area contributed by atoms with Gasteiger partial charge in [-0.2, -0.15) is 4.31 Å². The van der Waals surface area contributed by atoms with Crippen LogP contribution in [0.2, 0.25) is 10.0 Å². The quantitative estimate of drug-likeness (QED) is 0.465. The third kappa shape index (κ3) is 5.46. The Morgan fingerprint density at radius 2 is 1.58 bits per heavy atom. The molecule has 0 aromatic heterocycles.